The molecule has 0 spiro atoms. The fourth-order valence-electron chi connectivity index (χ4n) is 0.544. The first-order valence-electron chi connectivity index (χ1n) is 2.54. The lowest BCUT2D eigenvalue weighted by Gasteiger charge is -1.97. The number of aromatic hydroxyl groups is 1. The van der Waals surface area contributed by atoms with E-state index in [1.54, 1.807) is 0 Å². The summed E-state index contributed by atoms with van der Waals surface area (Å²) in [6.45, 7) is 0. The van der Waals surface area contributed by atoms with Crippen LogP contribution < -0.4 is 4.89 Å². The van der Waals surface area contributed by atoms with Crippen molar-refractivity contribution < 1.29 is 15.3 Å². The molecule has 0 atom stereocenters. The van der Waals surface area contributed by atoms with Crippen molar-refractivity contribution in [1.29, 1.82) is 0 Å². The predicted octanol–water partition coefficient (Wildman–Crippen LogP) is 1.90. The molecule has 0 bridgehead atoms. The van der Waals surface area contributed by atoms with Gasteiger partial charge in [-0.3, -0.25) is 0 Å². The van der Waals surface area contributed by atoms with E-state index in [2.05, 4.69) is 4.89 Å². The lowest BCUT2D eigenvalue weighted by atomic mass is 10.3. The van der Waals surface area contributed by atoms with Crippen molar-refractivity contribution in [2.75, 3.05) is 0 Å². The smallest absolute Gasteiger partial charge is 0.166 e. The molecule has 4 heteroatoms. The predicted molar refractivity (Wildman–Crippen MR) is 36.4 cm³/mol. The molecule has 0 saturated carbocycles. The monoisotopic (exact) mass is 160 g/mol. The average Bonchev–Trinajstić information content (AvgIpc) is 1.95. The molecule has 0 aliphatic carbocycles. The number of rotatable bonds is 1. The summed E-state index contributed by atoms with van der Waals surface area (Å²) in [7, 11) is 0. The quantitative estimate of drug-likeness (QED) is 0.487. The van der Waals surface area contributed by atoms with Gasteiger partial charge in [0.2, 0.25) is 0 Å². The summed E-state index contributed by atoms with van der Waals surface area (Å²) in [5, 5.41) is 17.1. The third kappa shape index (κ3) is 1.32. The van der Waals surface area contributed by atoms with Crippen LogP contribution in [0.25, 0.3) is 0 Å². The van der Waals surface area contributed by atoms with E-state index in [9.17, 15) is 0 Å². The molecule has 1 aromatic carbocycles. The Hall–Kier alpha value is -0.930. The third-order valence-corrected chi connectivity index (χ3v) is 1.33. The minimum Gasteiger partial charge on any atom is -0.506 e. The van der Waals surface area contributed by atoms with Crippen LogP contribution >= 0.6 is 11.6 Å². The molecule has 0 fully saturated rings. The second-order valence-corrected chi connectivity index (χ2v) is 2.11. The number of phenols is 1. The van der Waals surface area contributed by atoms with Crippen LogP contribution in [0.4, 0.5) is 0 Å². The highest BCUT2D eigenvalue weighted by Crippen LogP contribution is 2.26. The Morgan fingerprint density at radius 2 is 2.10 bits per heavy atom. The third-order valence-electron chi connectivity index (χ3n) is 1.02. The summed E-state index contributed by atoms with van der Waals surface area (Å²) in [5.41, 5.74) is 0. The van der Waals surface area contributed by atoms with Crippen LogP contribution in [0.3, 0.4) is 0 Å². The van der Waals surface area contributed by atoms with Crippen LogP contribution in [-0.2, 0) is 0 Å². The van der Waals surface area contributed by atoms with Crippen molar-refractivity contribution in [3.63, 3.8) is 0 Å². The summed E-state index contributed by atoms with van der Waals surface area (Å²) < 4.78 is 0. The van der Waals surface area contributed by atoms with Gasteiger partial charge in [-0.1, -0.05) is 11.6 Å². The molecule has 0 radical (unpaired) electrons. The molecule has 0 aromatic heterocycles. The molecule has 0 heterocycles. The van der Waals surface area contributed by atoms with Crippen LogP contribution in [0.15, 0.2) is 18.2 Å². The SMILES string of the molecule is OOc1ccc(O)c(Cl)c1. The van der Waals surface area contributed by atoms with Crippen molar-refractivity contribution in [3.05, 3.63) is 23.2 Å². The molecule has 2 N–H and O–H groups in total. The topological polar surface area (TPSA) is 49.7 Å². The van der Waals surface area contributed by atoms with Gasteiger partial charge in [0, 0.05) is 6.07 Å². The maximum atomic E-state index is 8.87. The summed E-state index contributed by atoms with van der Waals surface area (Å²) in [4.78, 5) is 3.85. The zero-order valence-electron chi connectivity index (χ0n) is 4.91. The van der Waals surface area contributed by atoms with Crippen molar-refractivity contribution in [2.45, 2.75) is 0 Å². The number of phenolic OH excluding ortho intramolecular Hbond substituents is 1. The van der Waals surface area contributed by atoms with Gasteiger partial charge in [-0.2, -0.15) is 0 Å². The van der Waals surface area contributed by atoms with Gasteiger partial charge in [-0.05, 0) is 12.1 Å². The molecule has 54 valence electrons. The molecule has 3 nitrogen and oxygen atoms in total. The van der Waals surface area contributed by atoms with E-state index in [1.165, 1.54) is 18.2 Å². The van der Waals surface area contributed by atoms with E-state index in [4.69, 9.17) is 22.0 Å². The zero-order valence-corrected chi connectivity index (χ0v) is 5.67. The molecule has 0 saturated heterocycles. The fraction of sp³-hybridized carbons (Fsp3) is 0. The van der Waals surface area contributed by atoms with Crippen LogP contribution in [0.1, 0.15) is 0 Å². The van der Waals surface area contributed by atoms with Gasteiger partial charge < -0.3 is 9.99 Å². The summed E-state index contributed by atoms with van der Waals surface area (Å²) in [6, 6.07) is 4.02. The second kappa shape index (κ2) is 2.77. The molecule has 10 heavy (non-hydrogen) atoms. The second-order valence-electron chi connectivity index (χ2n) is 1.70. The van der Waals surface area contributed by atoms with Crippen molar-refractivity contribution in [1.82, 2.24) is 0 Å². The maximum absolute atomic E-state index is 8.87. The average molecular weight is 161 g/mol. The normalized spacial score (nSPS) is 9.40. The summed E-state index contributed by atoms with van der Waals surface area (Å²) in [5.74, 6) is 0.158. The Kier molecular flexibility index (Phi) is 1.99. The highest BCUT2D eigenvalue weighted by Gasteiger charge is 1.98. The van der Waals surface area contributed by atoms with Crippen molar-refractivity contribution in [2.24, 2.45) is 0 Å². The largest absolute Gasteiger partial charge is 0.506 e. The minimum absolute atomic E-state index is 0.0394. The van der Waals surface area contributed by atoms with Crippen molar-refractivity contribution >= 4 is 11.6 Å². The Morgan fingerprint density at radius 1 is 1.40 bits per heavy atom. The van der Waals surface area contributed by atoms with Crippen LogP contribution in [0.5, 0.6) is 11.5 Å². The van der Waals surface area contributed by atoms with Gasteiger partial charge in [-0.25, -0.2) is 5.26 Å². The molecule has 1 aromatic rings. The lowest BCUT2D eigenvalue weighted by molar-refractivity contribution is -0.137. The van der Waals surface area contributed by atoms with E-state index in [1.807, 2.05) is 0 Å². The van der Waals surface area contributed by atoms with Gasteiger partial charge in [0.15, 0.2) is 5.75 Å². The Morgan fingerprint density at radius 3 is 2.60 bits per heavy atom. The molecule has 0 unspecified atom stereocenters. The lowest BCUT2D eigenvalue weighted by Crippen LogP contribution is -1.81. The zero-order chi connectivity index (χ0) is 7.56. The number of benzene rings is 1. The highest BCUT2D eigenvalue weighted by atomic mass is 35.5. The fourth-order valence-corrected chi connectivity index (χ4v) is 0.715. The molecular weight excluding hydrogens is 156 g/mol. The van der Waals surface area contributed by atoms with Crippen LogP contribution in [-0.4, -0.2) is 10.4 Å². The van der Waals surface area contributed by atoms with E-state index in [0.717, 1.165) is 0 Å². The minimum atomic E-state index is -0.0394. The van der Waals surface area contributed by atoms with Crippen LogP contribution in [0.2, 0.25) is 5.02 Å². The molecule has 0 amide bonds. The summed E-state index contributed by atoms with van der Waals surface area (Å²) >= 11 is 5.45. The first-order chi connectivity index (χ1) is 4.74. The Bertz CT molecular complexity index is 236. The van der Waals surface area contributed by atoms with Gasteiger partial charge >= 0.3 is 0 Å². The standard InChI is InChI=1S/C6H5ClO3/c7-5-3-4(10-9)1-2-6(5)8/h1-3,8-9H. The number of hydrogen-bond acceptors (Lipinski definition) is 3. The molecule has 1 rings (SSSR count). The number of halogens is 1. The maximum Gasteiger partial charge on any atom is 0.166 e. The molecule has 0 aliphatic rings. The van der Waals surface area contributed by atoms with Crippen molar-refractivity contribution in [3.8, 4) is 11.5 Å². The first-order valence-corrected chi connectivity index (χ1v) is 2.92. The van der Waals surface area contributed by atoms with Gasteiger partial charge in [0.05, 0.1) is 5.02 Å². The van der Waals surface area contributed by atoms with E-state index in [0.29, 0.717) is 0 Å². The summed E-state index contributed by atoms with van der Waals surface area (Å²) in [6.07, 6.45) is 0. The highest BCUT2D eigenvalue weighted by molar-refractivity contribution is 6.32. The van der Waals surface area contributed by atoms with E-state index in [-0.39, 0.29) is 16.5 Å². The first kappa shape index (κ1) is 7.18. The Labute approximate surface area is 62.4 Å². The van der Waals surface area contributed by atoms with Gasteiger partial charge in [0.25, 0.3) is 0 Å². The van der Waals surface area contributed by atoms with E-state index >= 15 is 0 Å². The van der Waals surface area contributed by atoms with Gasteiger partial charge in [-0.15, -0.1) is 0 Å². The Balaban J connectivity index is 3.04. The number of hydrogen-bond donors (Lipinski definition) is 2. The molecular formula is C6H5ClO3. The molecule has 0 aliphatic heterocycles. The van der Waals surface area contributed by atoms with E-state index < -0.39 is 0 Å². The van der Waals surface area contributed by atoms with Crippen LogP contribution in [0, 0.1) is 0 Å². The van der Waals surface area contributed by atoms with Gasteiger partial charge in [0.1, 0.15) is 5.75 Å².